The van der Waals surface area contributed by atoms with Gasteiger partial charge in [-0.2, -0.15) is 0 Å². The van der Waals surface area contributed by atoms with Crippen LogP contribution in [-0.4, -0.2) is 21.5 Å². The number of nitrogens with zero attached hydrogens (tertiary/aromatic N) is 3. The summed E-state index contributed by atoms with van der Waals surface area (Å²) in [5, 5.41) is 12.0. The Labute approximate surface area is 118 Å². The molecule has 0 fully saturated rings. The summed E-state index contributed by atoms with van der Waals surface area (Å²) in [5.74, 6) is 0. The van der Waals surface area contributed by atoms with Crippen LogP contribution in [0.15, 0.2) is 24.4 Å². The van der Waals surface area contributed by atoms with E-state index in [0.29, 0.717) is 5.02 Å². The highest BCUT2D eigenvalue weighted by molar-refractivity contribution is 14.1. The highest BCUT2D eigenvalue weighted by atomic mass is 127. The molecule has 0 bridgehead atoms. The fourth-order valence-electron chi connectivity index (χ4n) is 1.41. The van der Waals surface area contributed by atoms with Gasteiger partial charge in [-0.25, -0.2) is 4.68 Å². The summed E-state index contributed by atoms with van der Waals surface area (Å²) in [5.41, 5.74) is 1.76. The average Bonchev–Trinajstić information content (AvgIpc) is 2.78. The average molecular weight is 363 g/mol. The lowest BCUT2D eigenvalue weighted by molar-refractivity contribution is 0.705. The summed E-state index contributed by atoms with van der Waals surface area (Å²) < 4.78 is 2.82. The molecule has 0 unspecified atom stereocenters. The number of benzene rings is 1. The van der Waals surface area contributed by atoms with Crippen LogP contribution in [-0.2, 0) is 6.54 Å². The van der Waals surface area contributed by atoms with Gasteiger partial charge in [0.2, 0.25) is 0 Å². The molecule has 1 aromatic heterocycles. The molecule has 0 aliphatic rings. The molecule has 4 nitrogen and oxygen atoms in total. The molecule has 0 atom stereocenters. The third-order valence-corrected chi connectivity index (χ3v) is 3.24. The Bertz CT molecular complexity index is 512. The van der Waals surface area contributed by atoms with Crippen molar-refractivity contribution in [3.05, 3.63) is 38.7 Å². The molecule has 1 heterocycles. The summed E-state index contributed by atoms with van der Waals surface area (Å²) in [6.45, 7) is 3.69. The molecule has 0 spiro atoms. The minimum absolute atomic E-state index is 0.672. The molecular weight excluding hydrogens is 351 g/mol. The van der Waals surface area contributed by atoms with Crippen LogP contribution in [0.4, 0.5) is 0 Å². The molecule has 0 saturated carbocycles. The summed E-state index contributed by atoms with van der Waals surface area (Å²) >= 11 is 8.38. The Hall–Kier alpha value is -0.660. The third-order valence-electron chi connectivity index (χ3n) is 2.25. The first-order valence-corrected chi connectivity index (χ1v) is 6.73. The van der Waals surface area contributed by atoms with E-state index in [4.69, 9.17) is 11.6 Å². The van der Waals surface area contributed by atoms with E-state index < -0.39 is 0 Å². The monoisotopic (exact) mass is 362 g/mol. The molecule has 0 aliphatic carbocycles. The molecule has 6 heteroatoms. The summed E-state index contributed by atoms with van der Waals surface area (Å²) in [6, 6.07) is 5.81. The molecule has 0 saturated heterocycles. The standard InChI is InChI=1S/C11H12ClIN4/c1-2-14-6-9-7-17(16-15-9)11-5-8(13)3-4-10(11)12/h3-5,7,14H,2,6H2,1H3. The lowest BCUT2D eigenvalue weighted by atomic mass is 10.3. The van der Waals surface area contributed by atoms with Crippen molar-refractivity contribution in [2.45, 2.75) is 13.5 Å². The predicted molar refractivity (Wildman–Crippen MR) is 76.5 cm³/mol. The van der Waals surface area contributed by atoms with Crippen molar-refractivity contribution in [1.29, 1.82) is 0 Å². The number of hydrogen-bond acceptors (Lipinski definition) is 3. The van der Waals surface area contributed by atoms with Crippen molar-refractivity contribution in [3.63, 3.8) is 0 Å². The van der Waals surface area contributed by atoms with Gasteiger partial charge in [0.25, 0.3) is 0 Å². The lowest BCUT2D eigenvalue weighted by Gasteiger charge is -2.03. The van der Waals surface area contributed by atoms with Crippen molar-refractivity contribution in [2.24, 2.45) is 0 Å². The molecule has 0 amide bonds. The molecule has 17 heavy (non-hydrogen) atoms. The second kappa shape index (κ2) is 5.79. The second-order valence-corrected chi connectivity index (χ2v) is 5.18. The first-order valence-electron chi connectivity index (χ1n) is 5.28. The van der Waals surface area contributed by atoms with Crippen LogP contribution in [0.2, 0.25) is 5.02 Å². The van der Waals surface area contributed by atoms with Gasteiger partial charge in [0.05, 0.1) is 22.6 Å². The molecule has 2 aromatic rings. The number of nitrogens with one attached hydrogen (secondary N) is 1. The zero-order valence-corrected chi connectivity index (χ0v) is 12.2. The van der Waals surface area contributed by atoms with Gasteiger partial charge in [0.1, 0.15) is 0 Å². The van der Waals surface area contributed by atoms with Crippen molar-refractivity contribution < 1.29 is 0 Å². The van der Waals surface area contributed by atoms with Gasteiger partial charge in [0, 0.05) is 10.1 Å². The van der Waals surface area contributed by atoms with Gasteiger partial charge in [-0.1, -0.05) is 23.7 Å². The van der Waals surface area contributed by atoms with E-state index in [9.17, 15) is 0 Å². The molecule has 90 valence electrons. The normalized spacial score (nSPS) is 10.8. The number of rotatable bonds is 4. The Morgan fingerprint density at radius 2 is 2.29 bits per heavy atom. The largest absolute Gasteiger partial charge is 0.311 e. The van der Waals surface area contributed by atoms with E-state index in [1.165, 1.54) is 0 Å². The highest BCUT2D eigenvalue weighted by Crippen LogP contribution is 2.22. The van der Waals surface area contributed by atoms with Crippen LogP contribution in [0, 0.1) is 3.57 Å². The fourth-order valence-corrected chi connectivity index (χ4v) is 2.09. The van der Waals surface area contributed by atoms with Gasteiger partial charge >= 0.3 is 0 Å². The molecule has 1 aromatic carbocycles. The summed E-state index contributed by atoms with van der Waals surface area (Å²) in [6.07, 6.45) is 1.89. The zero-order chi connectivity index (χ0) is 12.3. The maximum absolute atomic E-state index is 6.14. The van der Waals surface area contributed by atoms with Gasteiger partial charge < -0.3 is 5.32 Å². The predicted octanol–water partition coefficient (Wildman–Crippen LogP) is 2.63. The first kappa shape index (κ1) is 12.8. The van der Waals surface area contributed by atoms with E-state index in [2.05, 4.69) is 45.1 Å². The SMILES string of the molecule is CCNCc1cn(-c2cc(I)ccc2Cl)nn1. The Kier molecular flexibility index (Phi) is 4.36. The van der Waals surface area contributed by atoms with E-state index >= 15 is 0 Å². The topological polar surface area (TPSA) is 42.7 Å². The van der Waals surface area contributed by atoms with Crippen molar-refractivity contribution in [1.82, 2.24) is 20.3 Å². The van der Waals surface area contributed by atoms with Gasteiger partial charge in [0.15, 0.2) is 0 Å². The number of hydrogen-bond donors (Lipinski definition) is 1. The lowest BCUT2D eigenvalue weighted by Crippen LogP contribution is -2.11. The van der Waals surface area contributed by atoms with Gasteiger partial charge in [-0.05, 0) is 47.3 Å². The molecule has 0 aliphatic heterocycles. The van der Waals surface area contributed by atoms with E-state index in [1.807, 2.05) is 24.4 Å². The quantitative estimate of drug-likeness (QED) is 0.850. The first-order chi connectivity index (χ1) is 8.20. The van der Waals surface area contributed by atoms with Crippen LogP contribution in [0.25, 0.3) is 5.69 Å². The molecule has 0 radical (unpaired) electrons. The maximum Gasteiger partial charge on any atom is 0.0969 e. The minimum atomic E-state index is 0.672. The van der Waals surface area contributed by atoms with Crippen LogP contribution in [0.1, 0.15) is 12.6 Å². The van der Waals surface area contributed by atoms with Crippen LogP contribution in [0.5, 0.6) is 0 Å². The number of halogens is 2. The van der Waals surface area contributed by atoms with Crippen LogP contribution in [0.3, 0.4) is 0 Å². The van der Waals surface area contributed by atoms with Crippen LogP contribution < -0.4 is 5.32 Å². The summed E-state index contributed by atoms with van der Waals surface area (Å²) in [7, 11) is 0. The maximum atomic E-state index is 6.14. The zero-order valence-electron chi connectivity index (χ0n) is 9.32. The highest BCUT2D eigenvalue weighted by Gasteiger charge is 2.06. The Morgan fingerprint density at radius 3 is 3.06 bits per heavy atom. The van der Waals surface area contributed by atoms with Crippen molar-refractivity contribution >= 4 is 34.2 Å². The van der Waals surface area contributed by atoms with Gasteiger partial charge in [-0.3, -0.25) is 0 Å². The van der Waals surface area contributed by atoms with Gasteiger partial charge in [-0.15, -0.1) is 5.10 Å². The summed E-state index contributed by atoms with van der Waals surface area (Å²) in [4.78, 5) is 0. The van der Waals surface area contributed by atoms with E-state index in [0.717, 1.165) is 28.0 Å². The second-order valence-electron chi connectivity index (χ2n) is 3.53. The van der Waals surface area contributed by atoms with Crippen LogP contribution >= 0.6 is 34.2 Å². The third kappa shape index (κ3) is 3.17. The molecule has 1 N–H and O–H groups in total. The Morgan fingerprint density at radius 1 is 1.47 bits per heavy atom. The smallest absolute Gasteiger partial charge is 0.0969 e. The molecular formula is C11H12ClIN4. The van der Waals surface area contributed by atoms with Crippen molar-refractivity contribution in [2.75, 3.05) is 6.54 Å². The minimum Gasteiger partial charge on any atom is -0.311 e. The Balaban J connectivity index is 2.27. The molecule has 2 rings (SSSR count). The van der Waals surface area contributed by atoms with Crippen molar-refractivity contribution in [3.8, 4) is 5.69 Å². The number of aromatic nitrogens is 3. The van der Waals surface area contributed by atoms with E-state index in [1.54, 1.807) is 4.68 Å². The fraction of sp³-hybridized carbons (Fsp3) is 0.273. The van der Waals surface area contributed by atoms with E-state index in [-0.39, 0.29) is 0 Å².